The molecule has 19 heavy (non-hydrogen) atoms. The highest BCUT2D eigenvalue weighted by molar-refractivity contribution is 5.60. The fourth-order valence-corrected chi connectivity index (χ4v) is 2.93. The van der Waals surface area contributed by atoms with Crippen molar-refractivity contribution in [3.05, 3.63) is 36.9 Å². The molecule has 1 N–H and O–H groups in total. The Labute approximate surface area is 114 Å². The molecule has 0 radical (unpaired) electrons. The molecule has 0 bridgehead atoms. The van der Waals surface area contributed by atoms with Crippen LogP contribution in [0.1, 0.15) is 32.6 Å². The standard InChI is InChI=1S/C16H20N2O/c1-12(13-4-2-3-5-13)18-15-8-6-14(7-9-15)16-10-17-11-19-16/h6-13,18H,2-5H2,1H3. The predicted octanol–water partition coefficient (Wildman–Crippen LogP) is 4.33. The van der Waals surface area contributed by atoms with E-state index in [9.17, 15) is 0 Å². The molecular weight excluding hydrogens is 236 g/mol. The first-order valence-corrected chi connectivity index (χ1v) is 7.08. The molecule has 1 aromatic heterocycles. The van der Waals surface area contributed by atoms with Crippen LogP contribution < -0.4 is 5.32 Å². The number of hydrogen-bond acceptors (Lipinski definition) is 3. The molecule has 1 aliphatic rings. The van der Waals surface area contributed by atoms with Crippen LogP contribution in [0.3, 0.4) is 0 Å². The van der Waals surface area contributed by atoms with Crippen LogP contribution in [0.5, 0.6) is 0 Å². The third kappa shape index (κ3) is 2.80. The third-order valence-electron chi connectivity index (χ3n) is 4.10. The lowest BCUT2D eigenvalue weighted by Gasteiger charge is -2.21. The van der Waals surface area contributed by atoms with Gasteiger partial charge in [-0.2, -0.15) is 0 Å². The molecule has 1 heterocycles. The van der Waals surface area contributed by atoms with Crippen molar-refractivity contribution in [3.63, 3.8) is 0 Å². The highest BCUT2D eigenvalue weighted by Crippen LogP contribution is 2.29. The number of rotatable bonds is 4. The van der Waals surface area contributed by atoms with Crippen molar-refractivity contribution in [1.82, 2.24) is 4.98 Å². The number of anilines is 1. The molecule has 0 saturated heterocycles. The Morgan fingerprint density at radius 1 is 1.21 bits per heavy atom. The summed E-state index contributed by atoms with van der Waals surface area (Å²) in [7, 11) is 0. The second-order valence-corrected chi connectivity index (χ2v) is 5.42. The quantitative estimate of drug-likeness (QED) is 0.884. The van der Waals surface area contributed by atoms with E-state index in [2.05, 4.69) is 41.5 Å². The van der Waals surface area contributed by atoms with Gasteiger partial charge in [-0.05, 0) is 49.9 Å². The normalized spacial score (nSPS) is 17.5. The molecule has 1 aromatic carbocycles. The lowest BCUT2D eigenvalue weighted by molar-refractivity contribution is 0.482. The summed E-state index contributed by atoms with van der Waals surface area (Å²) in [6.45, 7) is 2.29. The topological polar surface area (TPSA) is 38.1 Å². The molecule has 1 saturated carbocycles. The zero-order chi connectivity index (χ0) is 13.1. The van der Waals surface area contributed by atoms with E-state index in [1.807, 2.05) is 0 Å². The largest absolute Gasteiger partial charge is 0.444 e. The molecule has 3 heteroatoms. The van der Waals surface area contributed by atoms with Gasteiger partial charge in [0.2, 0.25) is 0 Å². The lowest BCUT2D eigenvalue weighted by atomic mass is 9.99. The molecule has 3 nitrogen and oxygen atoms in total. The van der Waals surface area contributed by atoms with Crippen molar-refractivity contribution in [2.24, 2.45) is 5.92 Å². The van der Waals surface area contributed by atoms with Gasteiger partial charge in [-0.1, -0.05) is 12.8 Å². The molecule has 1 unspecified atom stereocenters. The fourth-order valence-electron chi connectivity index (χ4n) is 2.93. The molecule has 1 aliphatic carbocycles. The SMILES string of the molecule is CC(Nc1ccc(-c2cnco2)cc1)C1CCCC1. The van der Waals surface area contributed by atoms with E-state index in [0.717, 1.165) is 17.2 Å². The van der Waals surface area contributed by atoms with Gasteiger partial charge in [0.05, 0.1) is 6.20 Å². The van der Waals surface area contributed by atoms with Crippen molar-refractivity contribution in [3.8, 4) is 11.3 Å². The Hall–Kier alpha value is -1.77. The van der Waals surface area contributed by atoms with Gasteiger partial charge in [-0.15, -0.1) is 0 Å². The van der Waals surface area contributed by atoms with Crippen LogP contribution in [-0.4, -0.2) is 11.0 Å². The van der Waals surface area contributed by atoms with Crippen molar-refractivity contribution in [2.75, 3.05) is 5.32 Å². The van der Waals surface area contributed by atoms with E-state index < -0.39 is 0 Å². The summed E-state index contributed by atoms with van der Waals surface area (Å²) in [5, 5.41) is 3.61. The Kier molecular flexibility index (Phi) is 3.53. The fraction of sp³-hybridized carbons (Fsp3) is 0.438. The highest BCUT2D eigenvalue weighted by Gasteiger charge is 2.21. The zero-order valence-corrected chi connectivity index (χ0v) is 11.3. The maximum atomic E-state index is 5.29. The molecule has 0 aliphatic heterocycles. The van der Waals surface area contributed by atoms with Crippen LogP contribution in [-0.2, 0) is 0 Å². The maximum Gasteiger partial charge on any atom is 0.181 e. The molecule has 0 amide bonds. The number of hydrogen-bond donors (Lipinski definition) is 1. The first kappa shape index (κ1) is 12.3. The van der Waals surface area contributed by atoms with Crippen molar-refractivity contribution < 1.29 is 4.42 Å². The monoisotopic (exact) mass is 256 g/mol. The summed E-state index contributed by atoms with van der Waals surface area (Å²) in [5.74, 6) is 1.64. The molecule has 2 aromatic rings. The molecule has 3 rings (SSSR count). The van der Waals surface area contributed by atoms with Crippen molar-refractivity contribution in [1.29, 1.82) is 0 Å². The maximum absolute atomic E-state index is 5.29. The number of benzene rings is 1. The Bertz CT molecular complexity index is 498. The average Bonchev–Trinajstić information content (AvgIpc) is 3.13. The van der Waals surface area contributed by atoms with Gasteiger partial charge in [-0.3, -0.25) is 0 Å². The van der Waals surface area contributed by atoms with E-state index in [-0.39, 0.29) is 0 Å². The molecule has 1 atom stereocenters. The number of oxazole rings is 1. The first-order chi connectivity index (χ1) is 9.33. The molecular formula is C16H20N2O. The average molecular weight is 256 g/mol. The van der Waals surface area contributed by atoms with E-state index in [4.69, 9.17) is 4.42 Å². The minimum Gasteiger partial charge on any atom is -0.444 e. The first-order valence-electron chi connectivity index (χ1n) is 7.08. The predicted molar refractivity (Wildman–Crippen MR) is 77.0 cm³/mol. The van der Waals surface area contributed by atoms with Crippen LogP contribution in [0.15, 0.2) is 41.3 Å². The summed E-state index contributed by atoms with van der Waals surface area (Å²) in [5.41, 5.74) is 2.25. The summed E-state index contributed by atoms with van der Waals surface area (Å²) < 4.78 is 5.29. The van der Waals surface area contributed by atoms with Gasteiger partial charge >= 0.3 is 0 Å². The molecule has 100 valence electrons. The summed E-state index contributed by atoms with van der Waals surface area (Å²) in [6, 6.07) is 8.93. The third-order valence-corrected chi connectivity index (χ3v) is 4.10. The lowest BCUT2D eigenvalue weighted by Crippen LogP contribution is -2.23. The highest BCUT2D eigenvalue weighted by atomic mass is 16.3. The van der Waals surface area contributed by atoms with Crippen LogP contribution >= 0.6 is 0 Å². The van der Waals surface area contributed by atoms with Crippen molar-refractivity contribution >= 4 is 5.69 Å². The zero-order valence-electron chi connectivity index (χ0n) is 11.3. The number of nitrogens with zero attached hydrogens (tertiary/aromatic N) is 1. The Balaban J connectivity index is 1.65. The van der Waals surface area contributed by atoms with Gasteiger partial charge in [0.15, 0.2) is 12.2 Å². The number of nitrogens with one attached hydrogen (secondary N) is 1. The van der Waals surface area contributed by atoms with E-state index in [1.165, 1.54) is 37.8 Å². The second-order valence-electron chi connectivity index (χ2n) is 5.42. The van der Waals surface area contributed by atoms with E-state index in [1.54, 1.807) is 6.20 Å². The van der Waals surface area contributed by atoms with Crippen molar-refractivity contribution in [2.45, 2.75) is 38.6 Å². The number of aromatic nitrogens is 1. The van der Waals surface area contributed by atoms with Gasteiger partial charge in [0.1, 0.15) is 0 Å². The smallest absolute Gasteiger partial charge is 0.181 e. The summed E-state index contributed by atoms with van der Waals surface area (Å²) in [6.07, 6.45) is 8.71. The van der Waals surface area contributed by atoms with Gasteiger partial charge < -0.3 is 9.73 Å². The Morgan fingerprint density at radius 3 is 2.58 bits per heavy atom. The second kappa shape index (κ2) is 5.47. The van der Waals surface area contributed by atoms with Crippen LogP contribution in [0, 0.1) is 5.92 Å². The van der Waals surface area contributed by atoms with Crippen LogP contribution in [0.4, 0.5) is 5.69 Å². The van der Waals surface area contributed by atoms with Gasteiger partial charge in [0, 0.05) is 17.3 Å². The van der Waals surface area contributed by atoms with Crippen LogP contribution in [0.25, 0.3) is 11.3 Å². The van der Waals surface area contributed by atoms with E-state index in [0.29, 0.717) is 6.04 Å². The Morgan fingerprint density at radius 2 is 1.95 bits per heavy atom. The summed E-state index contributed by atoms with van der Waals surface area (Å²) in [4.78, 5) is 3.94. The minimum atomic E-state index is 0.554. The molecule has 1 fully saturated rings. The summed E-state index contributed by atoms with van der Waals surface area (Å²) >= 11 is 0. The van der Waals surface area contributed by atoms with E-state index >= 15 is 0 Å². The molecule has 0 spiro atoms. The minimum absolute atomic E-state index is 0.554. The van der Waals surface area contributed by atoms with Gasteiger partial charge in [0.25, 0.3) is 0 Å². The van der Waals surface area contributed by atoms with Gasteiger partial charge in [-0.25, -0.2) is 4.98 Å². The van der Waals surface area contributed by atoms with Crippen LogP contribution in [0.2, 0.25) is 0 Å².